The lowest BCUT2D eigenvalue weighted by atomic mass is 10.0. The van der Waals surface area contributed by atoms with Crippen molar-refractivity contribution < 1.29 is 23.7 Å². The number of ether oxygens (including phenoxy) is 2. The minimum atomic E-state index is -0.140. The van der Waals surface area contributed by atoms with Crippen LogP contribution < -0.4 is 15.0 Å². The van der Waals surface area contributed by atoms with Gasteiger partial charge in [-0.15, -0.1) is 11.3 Å². The number of thiophene rings is 1. The maximum Gasteiger partial charge on any atom is 0.255 e. The van der Waals surface area contributed by atoms with Crippen LogP contribution in [0.3, 0.4) is 0 Å². The van der Waals surface area contributed by atoms with E-state index in [1.54, 1.807) is 11.3 Å². The summed E-state index contributed by atoms with van der Waals surface area (Å²) < 4.78 is 17.0. The number of carbonyl (C=O) groups excluding carboxylic acids is 1. The van der Waals surface area contributed by atoms with Gasteiger partial charge in [0, 0.05) is 0 Å². The van der Waals surface area contributed by atoms with Crippen LogP contribution in [0.5, 0.6) is 5.75 Å². The molecule has 1 amide bonds. The molecule has 1 saturated heterocycles. The van der Waals surface area contributed by atoms with E-state index in [1.807, 2.05) is 50.2 Å². The number of quaternary nitrogens is 1. The average molecular weight is 493 g/mol. The molecule has 8 heteroatoms. The molecule has 3 heterocycles. The maximum absolute atomic E-state index is 13.5. The highest BCUT2D eigenvalue weighted by molar-refractivity contribution is 7.10. The van der Waals surface area contributed by atoms with Gasteiger partial charge in [0.25, 0.3) is 5.91 Å². The normalized spacial score (nSPS) is 15.3. The second-order valence-corrected chi connectivity index (χ2v) is 9.81. The number of aryl methyl sites for hydroxylation is 2. The summed E-state index contributed by atoms with van der Waals surface area (Å²) >= 11 is 1.73. The van der Waals surface area contributed by atoms with Gasteiger partial charge in [0.05, 0.1) is 41.5 Å². The van der Waals surface area contributed by atoms with Crippen LogP contribution in [0.15, 0.2) is 58.4 Å². The lowest BCUT2D eigenvalue weighted by molar-refractivity contribution is -0.937. The van der Waals surface area contributed by atoms with Crippen molar-refractivity contribution in [3.8, 4) is 5.75 Å². The molecular formula is C27H30N3O4S+. The van der Waals surface area contributed by atoms with Gasteiger partial charge in [0.15, 0.2) is 0 Å². The van der Waals surface area contributed by atoms with Crippen molar-refractivity contribution in [3.63, 3.8) is 0 Å². The number of aromatic nitrogens is 1. The molecule has 1 aliphatic heterocycles. The third-order valence-electron chi connectivity index (χ3n) is 6.63. The van der Waals surface area contributed by atoms with E-state index in [0.29, 0.717) is 17.9 Å². The van der Waals surface area contributed by atoms with Gasteiger partial charge in [-0.25, -0.2) is 0 Å². The van der Waals surface area contributed by atoms with Gasteiger partial charge < -0.3 is 24.2 Å². The van der Waals surface area contributed by atoms with E-state index in [1.165, 1.54) is 9.78 Å². The number of carbonyl (C=O) groups is 1. The molecule has 0 bridgehead atoms. The van der Waals surface area contributed by atoms with Crippen molar-refractivity contribution in [1.29, 1.82) is 0 Å². The molecule has 35 heavy (non-hydrogen) atoms. The summed E-state index contributed by atoms with van der Waals surface area (Å²) in [5, 5.41) is 11.3. The molecule has 0 aliphatic carbocycles. The zero-order chi connectivity index (χ0) is 24.2. The maximum atomic E-state index is 13.5. The number of amides is 1. The highest BCUT2D eigenvalue weighted by atomic mass is 32.1. The topological polar surface area (TPSA) is 78.0 Å². The summed E-state index contributed by atoms with van der Waals surface area (Å²) in [5.41, 5.74) is 2.22. The molecule has 2 aromatic carbocycles. The van der Waals surface area contributed by atoms with Crippen molar-refractivity contribution in [3.05, 3.63) is 81.4 Å². The van der Waals surface area contributed by atoms with Gasteiger partial charge in [-0.05, 0) is 48.2 Å². The minimum Gasteiger partial charge on any atom is -0.488 e. The van der Waals surface area contributed by atoms with Gasteiger partial charge in [0.2, 0.25) is 0 Å². The Bertz CT molecular complexity index is 1280. The summed E-state index contributed by atoms with van der Waals surface area (Å²) in [5.74, 6) is 1.13. The van der Waals surface area contributed by atoms with Crippen LogP contribution in [-0.2, 0) is 11.3 Å². The number of nitrogens with one attached hydrogen (secondary N) is 2. The second-order valence-electron chi connectivity index (χ2n) is 8.84. The fourth-order valence-electron chi connectivity index (χ4n) is 4.58. The third-order valence-corrected chi connectivity index (χ3v) is 7.61. The van der Waals surface area contributed by atoms with Gasteiger partial charge >= 0.3 is 0 Å². The van der Waals surface area contributed by atoms with E-state index in [4.69, 9.17) is 14.0 Å². The molecule has 0 saturated carbocycles. The molecule has 5 rings (SSSR count). The highest BCUT2D eigenvalue weighted by Gasteiger charge is 2.28. The van der Waals surface area contributed by atoms with Gasteiger partial charge in [-0.2, -0.15) is 0 Å². The summed E-state index contributed by atoms with van der Waals surface area (Å²) in [7, 11) is 0. The minimum absolute atomic E-state index is 0.140. The van der Waals surface area contributed by atoms with E-state index < -0.39 is 0 Å². The largest absolute Gasteiger partial charge is 0.488 e. The van der Waals surface area contributed by atoms with Crippen LogP contribution in [0.1, 0.15) is 38.3 Å². The van der Waals surface area contributed by atoms with Crippen LogP contribution in [0.25, 0.3) is 10.8 Å². The van der Waals surface area contributed by atoms with Crippen molar-refractivity contribution in [2.24, 2.45) is 0 Å². The fraction of sp³-hybridized carbons (Fsp3) is 0.333. The number of hydrogen-bond acceptors (Lipinski definition) is 6. The zero-order valence-corrected chi connectivity index (χ0v) is 20.8. The van der Waals surface area contributed by atoms with E-state index >= 15 is 0 Å². The van der Waals surface area contributed by atoms with Gasteiger partial charge in [-0.1, -0.05) is 35.5 Å². The average Bonchev–Trinajstić information content (AvgIpc) is 3.53. The van der Waals surface area contributed by atoms with Crippen LogP contribution in [-0.4, -0.2) is 43.9 Å². The SMILES string of the molecule is Cc1noc(C)c1COc1cc2ccccc2cc1C(=O)NCC(c1cccs1)[NH+]1CCOCC1. The summed E-state index contributed by atoms with van der Waals surface area (Å²) in [4.78, 5) is 16.2. The molecule has 0 spiro atoms. The van der Waals surface area contributed by atoms with Gasteiger partial charge in [0.1, 0.15) is 37.2 Å². The monoisotopic (exact) mass is 492 g/mol. The van der Waals surface area contributed by atoms with E-state index in [2.05, 4.69) is 28.0 Å². The molecule has 1 fully saturated rings. The number of rotatable bonds is 8. The first-order chi connectivity index (χ1) is 17.1. The number of fused-ring (bicyclic) bond motifs is 1. The first kappa shape index (κ1) is 23.5. The Morgan fingerprint density at radius 1 is 1.14 bits per heavy atom. The lowest BCUT2D eigenvalue weighted by Gasteiger charge is -2.31. The van der Waals surface area contributed by atoms with Crippen molar-refractivity contribution in [2.75, 3.05) is 32.8 Å². The smallest absolute Gasteiger partial charge is 0.255 e. The van der Waals surface area contributed by atoms with Crippen LogP contribution in [0, 0.1) is 13.8 Å². The van der Waals surface area contributed by atoms with Gasteiger partial charge in [-0.3, -0.25) is 4.79 Å². The van der Waals surface area contributed by atoms with Crippen LogP contribution in [0.2, 0.25) is 0 Å². The Labute approximate surface area is 208 Å². The number of nitrogens with zero attached hydrogens (tertiary/aromatic N) is 1. The van der Waals surface area contributed by atoms with Crippen molar-refractivity contribution >= 4 is 28.0 Å². The Morgan fingerprint density at radius 3 is 2.60 bits per heavy atom. The quantitative estimate of drug-likeness (QED) is 0.394. The number of benzene rings is 2. The van der Waals surface area contributed by atoms with E-state index in [-0.39, 0.29) is 18.6 Å². The van der Waals surface area contributed by atoms with E-state index in [9.17, 15) is 4.79 Å². The van der Waals surface area contributed by atoms with Crippen molar-refractivity contribution in [1.82, 2.24) is 10.5 Å². The first-order valence-electron chi connectivity index (χ1n) is 11.9. The number of hydrogen-bond donors (Lipinski definition) is 2. The first-order valence-corrected chi connectivity index (χ1v) is 12.8. The molecule has 182 valence electrons. The third kappa shape index (κ3) is 5.24. The summed E-state index contributed by atoms with van der Waals surface area (Å²) in [6.45, 7) is 7.94. The molecule has 0 radical (unpaired) electrons. The van der Waals surface area contributed by atoms with Crippen molar-refractivity contribution in [2.45, 2.75) is 26.5 Å². The predicted molar refractivity (Wildman–Crippen MR) is 135 cm³/mol. The van der Waals surface area contributed by atoms with E-state index in [0.717, 1.165) is 54.1 Å². The molecule has 2 N–H and O–H groups in total. The summed E-state index contributed by atoms with van der Waals surface area (Å²) in [6, 6.07) is 16.2. The molecule has 4 aromatic rings. The Morgan fingerprint density at radius 2 is 1.91 bits per heavy atom. The summed E-state index contributed by atoms with van der Waals surface area (Å²) in [6.07, 6.45) is 0. The molecule has 1 aliphatic rings. The molecular weight excluding hydrogens is 462 g/mol. The molecule has 2 aromatic heterocycles. The molecule has 1 atom stereocenters. The molecule has 7 nitrogen and oxygen atoms in total. The lowest BCUT2D eigenvalue weighted by Crippen LogP contribution is -3.15. The Balaban J connectivity index is 1.39. The number of morpholine rings is 1. The van der Waals surface area contributed by atoms with Crippen LogP contribution >= 0.6 is 11.3 Å². The zero-order valence-electron chi connectivity index (χ0n) is 20.0. The molecule has 1 unspecified atom stereocenters. The fourth-order valence-corrected chi connectivity index (χ4v) is 5.47. The second kappa shape index (κ2) is 10.6. The van der Waals surface area contributed by atoms with Crippen LogP contribution in [0.4, 0.5) is 0 Å². The standard InChI is InChI=1S/C27H29N3O4S/c1-18-23(19(2)34-29-18)17-33-25-15-21-7-4-3-6-20(21)14-22(25)27(31)28-16-24(26-8-5-13-35-26)30-9-11-32-12-10-30/h3-8,13-15,24H,9-12,16-17H2,1-2H3,(H,28,31)/p+1. The predicted octanol–water partition coefficient (Wildman–Crippen LogP) is 3.47. The Kier molecular flexibility index (Phi) is 7.13. The highest BCUT2D eigenvalue weighted by Crippen LogP contribution is 2.28. The Hall–Kier alpha value is -3.20.